The second-order valence-electron chi connectivity index (χ2n) is 5.97. The smallest absolute Gasteiger partial charge is 0.248 e. The lowest BCUT2D eigenvalue weighted by Crippen LogP contribution is -2.44. The van der Waals surface area contributed by atoms with Gasteiger partial charge in [0, 0.05) is 22.9 Å². The summed E-state index contributed by atoms with van der Waals surface area (Å²) in [5.41, 5.74) is 0. The van der Waals surface area contributed by atoms with Gasteiger partial charge in [0.1, 0.15) is 6.04 Å². The van der Waals surface area contributed by atoms with Gasteiger partial charge >= 0.3 is 0 Å². The Balaban J connectivity index is 1.93. The van der Waals surface area contributed by atoms with E-state index in [9.17, 15) is 9.59 Å². The van der Waals surface area contributed by atoms with Gasteiger partial charge in [-0.3, -0.25) is 9.59 Å². The van der Waals surface area contributed by atoms with Crippen molar-refractivity contribution in [3.63, 3.8) is 0 Å². The van der Waals surface area contributed by atoms with Gasteiger partial charge in [0.2, 0.25) is 11.8 Å². The molecule has 0 aliphatic carbocycles. The predicted molar refractivity (Wildman–Crippen MR) is 87.7 cm³/mol. The Labute approximate surface area is 133 Å². The van der Waals surface area contributed by atoms with Crippen LogP contribution in [-0.4, -0.2) is 44.8 Å². The molecule has 2 amide bonds. The molecule has 0 aromatic carbocycles. The molecule has 1 aliphatic heterocycles. The molecule has 21 heavy (non-hydrogen) atoms. The predicted octanol–water partition coefficient (Wildman–Crippen LogP) is 2.60. The molecule has 2 rings (SSSR count). The molecule has 2 heterocycles. The minimum atomic E-state index is -0.359. The molecule has 7 heteroatoms. The van der Waals surface area contributed by atoms with Crippen molar-refractivity contribution in [3.05, 3.63) is 11.6 Å². The Hall–Kier alpha value is -1.08. The summed E-state index contributed by atoms with van der Waals surface area (Å²) in [4.78, 5) is 30.4. The minimum Gasteiger partial charge on any atom is -0.330 e. The van der Waals surface area contributed by atoms with E-state index in [1.807, 2.05) is 5.38 Å². The molecule has 0 bridgehead atoms. The summed E-state index contributed by atoms with van der Waals surface area (Å²) >= 11 is 3.00. The summed E-state index contributed by atoms with van der Waals surface area (Å²) in [6.45, 7) is 6.92. The van der Waals surface area contributed by atoms with Gasteiger partial charge in [0.15, 0.2) is 5.13 Å². The van der Waals surface area contributed by atoms with E-state index in [1.54, 1.807) is 22.9 Å². The Bertz CT molecular complexity index is 497. The SMILES string of the molecule is CC(C)(C)SCC(=O)N1CCCC1C(=O)Nc1nccs1. The number of aromatic nitrogens is 1. The number of likely N-dealkylation sites (tertiary alicyclic amines) is 1. The van der Waals surface area contributed by atoms with E-state index in [0.29, 0.717) is 17.4 Å². The van der Waals surface area contributed by atoms with Crippen LogP contribution in [0.25, 0.3) is 0 Å². The zero-order valence-corrected chi connectivity index (χ0v) is 14.2. The fourth-order valence-electron chi connectivity index (χ4n) is 2.17. The van der Waals surface area contributed by atoms with E-state index in [4.69, 9.17) is 0 Å². The molecule has 1 atom stereocenters. The van der Waals surface area contributed by atoms with Crippen LogP contribution in [0.5, 0.6) is 0 Å². The van der Waals surface area contributed by atoms with E-state index in [0.717, 1.165) is 12.8 Å². The van der Waals surface area contributed by atoms with Gasteiger partial charge in [-0.05, 0) is 12.8 Å². The first-order valence-electron chi connectivity index (χ1n) is 7.00. The zero-order chi connectivity index (χ0) is 15.5. The maximum atomic E-state index is 12.3. The fraction of sp³-hybridized carbons (Fsp3) is 0.643. The zero-order valence-electron chi connectivity index (χ0n) is 12.6. The van der Waals surface area contributed by atoms with Crippen LogP contribution >= 0.6 is 23.1 Å². The van der Waals surface area contributed by atoms with Crippen molar-refractivity contribution in [2.75, 3.05) is 17.6 Å². The maximum Gasteiger partial charge on any atom is 0.248 e. The number of thioether (sulfide) groups is 1. The van der Waals surface area contributed by atoms with Crippen LogP contribution in [0.3, 0.4) is 0 Å². The van der Waals surface area contributed by atoms with Crippen LogP contribution < -0.4 is 5.32 Å². The maximum absolute atomic E-state index is 12.3. The van der Waals surface area contributed by atoms with Crippen LogP contribution in [0, 0.1) is 0 Å². The van der Waals surface area contributed by atoms with Crippen molar-refractivity contribution in [1.82, 2.24) is 9.88 Å². The quantitative estimate of drug-likeness (QED) is 0.923. The first kappa shape index (κ1) is 16.3. The lowest BCUT2D eigenvalue weighted by molar-refractivity contribution is -0.134. The molecular weight excluding hydrogens is 306 g/mol. The highest BCUT2D eigenvalue weighted by molar-refractivity contribution is 8.01. The largest absolute Gasteiger partial charge is 0.330 e. The third-order valence-electron chi connectivity index (χ3n) is 3.17. The normalized spacial score (nSPS) is 18.8. The number of hydrogen-bond donors (Lipinski definition) is 1. The molecule has 1 saturated heterocycles. The number of rotatable bonds is 4. The second kappa shape index (κ2) is 6.79. The van der Waals surface area contributed by atoms with Gasteiger partial charge in [-0.25, -0.2) is 4.98 Å². The average Bonchev–Trinajstić information content (AvgIpc) is 3.05. The molecule has 1 aromatic rings. The molecule has 0 radical (unpaired) electrons. The van der Waals surface area contributed by atoms with Gasteiger partial charge in [-0.1, -0.05) is 20.8 Å². The highest BCUT2D eigenvalue weighted by Gasteiger charge is 2.34. The number of carbonyl (C=O) groups is 2. The number of thiazole rings is 1. The van der Waals surface area contributed by atoms with Crippen molar-refractivity contribution in [2.45, 2.75) is 44.4 Å². The van der Waals surface area contributed by atoms with E-state index in [-0.39, 0.29) is 22.6 Å². The summed E-state index contributed by atoms with van der Waals surface area (Å²) in [5.74, 6) is 0.341. The summed E-state index contributed by atoms with van der Waals surface area (Å²) in [5, 5.41) is 5.19. The number of amides is 2. The van der Waals surface area contributed by atoms with E-state index in [1.165, 1.54) is 11.3 Å². The molecule has 1 N–H and O–H groups in total. The number of nitrogens with one attached hydrogen (secondary N) is 1. The lowest BCUT2D eigenvalue weighted by Gasteiger charge is -2.25. The summed E-state index contributed by atoms with van der Waals surface area (Å²) in [6.07, 6.45) is 3.25. The van der Waals surface area contributed by atoms with Crippen LogP contribution in [0.15, 0.2) is 11.6 Å². The average molecular weight is 327 g/mol. The van der Waals surface area contributed by atoms with Crippen molar-refractivity contribution in [3.8, 4) is 0 Å². The third kappa shape index (κ3) is 4.71. The molecule has 1 aliphatic rings. The van der Waals surface area contributed by atoms with Gasteiger partial charge in [-0.15, -0.1) is 23.1 Å². The number of hydrogen-bond acceptors (Lipinski definition) is 5. The van der Waals surface area contributed by atoms with Gasteiger partial charge in [0.05, 0.1) is 5.75 Å². The summed E-state index contributed by atoms with van der Waals surface area (Å²) in [7, 11) is 0. The summed E-state index contributed by atoms with van der Waals surface area (Å²) < 4.78 is 0.0496. The molecule has 1 unspecified atom stereocenters. The minimum absolute atomic E-state index is 0.0479. The van der Waals surface area contributed by atoms with Gasteiger partial charge < -0.3 is 10.2 Å². The number of carbonyl (C=O) groups excluding carboxylic acids is 2. The standard InChI is InChI=1S/C14H21N3O2S2/c1-14(2,3)21-9-11(18)17-7-4-5-10(17)12(19)16-13-15-6-8-20-13/h6,8,10H,4-5,7,9H2,1-3H3,(H,15,16,19). The monoisotopic (exact) mass is 327 g/mol. The fourth-order valence-corrected chi connectivity index (χ4v) is 3.43. The summed E-state index contributed by atoms with van der Waals surface area (Å²) in [6, 6.07) is -0.359. The van der Waals surface area contributed by atoms with Crippen LogP contribution in [0.2, 0.25) is 0 Å². The molecule has 1 fully saturated rings. The van der Waals surface area contributed by atoms with E-state index < -0.39 is 0 Å². The topological polar surface area (TPSA) is 62.3 Å². The van der Waals surface area contributed by atoms with Crippen molar-refractivity contribution in [2.24, 2.45) is 0 Å². The van der Waals surface area contributed by atoms with Crippen molar-refractivity contribution >= 4 is 40.0 Å². The Morgan fingerprint density at radius 3 is 2.90 bits per heavy atom. The Kier molecular flexibility index (Phi) is 5.27. The first-order valence-corrected chi connectivity index (χ1v) is 8.87. The van der Waals surface area contributed by atoms with E-state index in [2.05, 4.69) is 31.1 Å². The molecule has 116 valence electrons. The second-order valence-corrected chi connectivity index (χ2v) is 8.67. The van der Waals surface area contributed by atoms with Gasteiger partial charge in [-0.2, -0.15) is 0 Å². The third-order valence-corrected chi connectivity index (χ3v) is 5.11. The number of nitrogens with zero attached hydrogens (tertiary/aromatic N) is 2. The number of anilines is 1. The Morgan fingerprint density at radius 2 is 2.29 bits per heavy atom. The molecular formula is C14H21N3O2S2. The molecule has 0 saturated carbocycles. The molecule has 1 aromatic heterocycles. The highest BCUT2D eigenvalue weighted by atomic mass is 32.2. The lowest BCUT2D eigenvalue weighted by atomic mass is 10.2. The molecule has 5 nitrogen and oxygen atoms in total. The first-order chi connectivity index (χ1) is 9.87. The van der Waals surface area contributed by atoms with Crippen LogP contribution in [-0.2, 0) is 9.59 Å². The van der Waals surface area contributed by atoms with Gasteiger partial charge in [0.25, 0.3) is 0 Å². The highest BCUT2D eigenvalue weighted by Crippen LogP contribution is 2.26. The van der Waals surface area contributed by atoms with Crippen molar-refractivity contribution < 1.29 is 9.59 Å². The Morgan fingerprint density at radius 1 is 1.52 bits per heavy atom. The molecule has 0 spiro atoms. The van der Waals surface area contributed by atoms with Crippen LogP contribution in [0.4, 0.5) is 5.13 Å². The van der Waals surface area contributed by atoms with E-state index >= 15 is 0 Å². The van der Waals surface area contributed by atoms with Crippen LogP contribution in [0.1, 0.15) is 33.6 Å². The van der Waals surface area contributed by atoms with Crippen molar-refractivity contribution in [1.29, 1.82) is 0 Å².